The molecule has 138 valence electrons. The van der Waals surface area contributed by atoms with Crippen molar-refractivity contribution in [3.63, 3.8) is 0 Å². The second-order valence-corrected chi connectivity index (χ2v) is 8.20. The molecule has 0 atom stereocenters. The van der Waals surface area contributed by atoms with Crippen molar-refractivity contribution in [2.45, 2.75) is 16.7 Å². The summed E-state index contributed by atoms with van der Waals surface area (Å²) in [5, 5.41) is 11.4. The van der Waals surface area contributed by atoms with Gasteiger partial charge in [-0.15, -0.1) is 5.10 Å². The maximum Gasteiger partial charge on any atom is 0.267 e. The predicted octanol–water partition coefficient (Wildman–Crippen LogP) is 1.43. The van der Waals surface area contributed by atoms with Gasteiger partial charge < -0.3 is 0 Å². The molecule has 0 amide bonds. The Kier molecular flexibility index (Phi) is 3.34. The normalized spacial score (nSPS) is 12.2. The lowest BCUT2D eigenvalue weighted by Gasteiger charge is -2.09. The fourth-order valence-electron chi connectivity index (χ4n) is 3.19. The van der Waals surface area contributed by atoms with Crippen molar-refractivity contribution in [1.29, 1.82) is 0 Å². The summed E-state index contributed by atoms with van der Waals surface area (Å²) in [5.74, 6) is 0. The maximum atomic E-state index is 13.2. The third kappa shape index (κ3) is 2.18. The van der Waals surface area contributed by atoms with Gasteiger partial charge in [-0.1, -0.05) is 24.3 Å². The molecule has 0 unspecified atom stereocenters. The SMILES string of the molecule is Cc1cccn2c(=O)c3cc(S(=O)(=O)c4ccccc4)c4nnnn4c3nc12. The van der Waals surface area contributed by atoms with Crippen molar-refractivity contribution < 1.29 is 8.42 Å². The van der Waals surface area contributed by atoms with Crippen LogP contribution in [-0.4, -0.2) is 37.8 Å². The van der Waals surface area contributed by atoms with E-state index in [9.17, 15) is 13.2 Å². The Labute approximate surface area is 157 Å². The van der Waals surface area contributed by atoms with E-state index >= 15 is 0 Å². The van der Waals surface area contributed by atoms with Gasteiger partial charge >= 0.3 is 0 Å². The highest BCUT2D eigenvalue weighted by atomic mass is 32.2. The highest BCUT2D eigenvalue weighted by Crippen LogP contribution is 2.26. The molecule has 0 spiro atoms. The van der Waals surface area contributed by atoms with E-state index in [2.05, 4.69) is 20.5 Å². The third-order valence-electron chi connectivity index (χ3n) is 4.57. The monoisotopic (exact) mass is 392 g/mol. The van der Waals surface area contributed by atoms with E-state index < -0.39 is 15.4 Å². The molecular weight excluding hydrogens is 380 g/mol. The Morgan fingerprint density at radius 3 is 2.54 bits per heavy atom. The first kappa shape index (κ1) is 16.5. The van der Waals surface area contributed by atoms with Crippen LogP contribution < -0.4 is 5.56 Å². The highest BCUT2D eigenvalue weighted by Gasteiger charge is 2.25. The molecule has 1 aromatic carbocycles. The van der Waals surface area contributed by atoms with Crippen LogP contribution in [-0.2, 0) is 9.84 Å². The van der Waals surface area contributed by atoms with Crippen LogP contribution in [0.25, 0.3) is 22.3 Å². The van der Waals surface area contributed by atoms with Gasteiger partial charge in [0, 0.05) is 6.20 Å². The number of benzene rings is 1. The molecule has 9 nitrogen and oxygen atoms in total. The van der Waals surface area contributed by atoms with Crippen LogP contribution in [0.4, 0.5) is 0 Å². The molecule has 0 aliphatic heterocycles. The Hall–Kier alpha value is -3.66. The molecule has 4 heterocycles. The first-order valence-electron chi connectivity index (χ1n) is 8.31. The quantitative estimate of drug-likeness (QED) is 0.418. The molecule has 0 saturated heterocycles. The summed E-state index contributed by atoms with van der Waals surface area (Å²) in [6.45, 7) is 1.83. The number of tetrazole rings is 1. The second-order valence-electron chi connectivity index (χ2n) is 6.28. The number of pyridine rings is 2. The molecule has 0 aliphatic rings. The zero-order valence-electron chi connectivity index (χ0n) is 14.5. The van der Waals surface area contributed by atoms with E-state index in [-0.39, 0.29) is 26.5 Å². The second kappa shape index (κ2) is 5.67. The fraction of sp³-hybridized carbons (Fsp3) is 0.0556. The minimum Gasteiger partial charge on any atom is -0.268 e. The highest BCUT2D eigenvalue weighted by molar-refractivity contribution is 7.91. The molecule has 5 rings (SSSR count). The van der Waals surface area contributed by atoms with Crippen molar-refractivity contribution in [2.75, 3.05) is 0 Å². The summed E-state index contributed by atoms with van der Waals surface area (Å²) in [6.07, 6.45) is 1.59. The lowest BCUT2D eigenvalue weighted by Crippen LogP contribution is -2.18. The van der Waals surface area contributed by atoms with E-state index in [1.54, 1.807) is 30.5 Å². The maximum absolute atomic E-state index is 13.2. The first-order valence-corrected chi connectivity index (χ1v) is 9.80. The third-order valence-corrected chi connectivity index (χ3v) is 6.35. The van der Waals surface area contributed by atoms with E-state index in [0.717, 1.165) is 5.56 Å². The molecule has 5 aromatic rings. The Morgan fingerprint density at radius 2 is 1.75 bits per heavy atom. The van der Waals surface area contributed by atoms with Crippen LogP contribution in [0.1, 0.15) is 5.56 Å². The Balaban J connectivity index is 1.97. The zero-order chi connectivity index (χ0) is 19.5. The lowest BCUT2D eigenvalue weighted by atomic mass is 10.2. The Morgan fingerprint density at radius 1 is 0.964 bits per heavy atom. The molecule has 0 bridgehead atoms. The number of aromatic nitrogens is 6. The fourth-order valence-corrected chi connectivity index (χ4v) is 4.60. The molecule has 10 heteroatoms. The number of rotatable bonds is 2. The van der Waals surface area contributed by atoms with E-state index in [1.807, 2.05) is 13.0 Å². The molecule has 4 aromatic heterocycles. The minimum atomic E-state index is -3.94. The number of sulfone groups is 1. The first-order chi connectivity index (χ1) is 13.5. The summed E-state index contributed by atoms with van der Waals surface area (Å²) < 4.78 is 28.9. The average molecular weight is 392 g/mol. The molecule has 0 radical (unpaired) electrons. The van der Waals surface area contributed by atoms with Crippen molar-refractivity contribution in [1.82, 2.24) is 29.4 Å². The minimum absolute atomic E-state index is 0.0150. The number of fused-ring (bicyclic) bond motifs is 4. The number of aryl methyl sites for hydroxylation is 1. The van der Waals surface area contributed by atoms with Crippen LogP contribution in [0.3, 0.4) is 0 Å². The van der Waals surface area contributed by atoms with Gasteiger partial charge in [-0.25, -0.2) is 13.4 Å². The number of hydrogen-bond donors (Lipinski definition) is 0. The van der Waals surface area contributed by atoms with Crippen molar-refractivity contribution in [2.24, 2.45) is 0 Å². The molecule has 0 N–H and O–H groups in total. The van der Waals surface area contributed by atoms with Crippen LogP contribution in [0, 0.1) is 6.92 Å². The summed E-state index contributed by atoms with van der Waals surface area (Å²) >= 11 is 0. The van der Waals surface area contributed by atoms with E-state index in [1.165, 1.54) is 27.1 Å². The van der Waals surface area contributed by atoms with Gasteiger partial charge in [0.05, 0.1) is 10.3 Å². The molecule has 0 saturated carbocycles. The van der Waals surface area contributed by atoms with Crippen molar-refractivity contribution >= 4 is 32.2 Å². The van der Waals surface area contributed by atoms with Crippen molar-refractivity contribution in [3.8, 4) is 0 Å². The van der Waals surface area contributed by atoms with E-state index in [4.69, 9.17) is 0 Å². The molecule has 0 fully saturated rings. The van der Waals surface area contributed by atoms with Gasteiger partial charge in [0.25, 0.3) is 5.56 Å². The predicted molar refractivity (Wildman–Crippen MR) is 99.9 cm³/mol. The van der Waals surface area contributed by atoms with Gasteiger partial charge in [0.2, 0.25) is 15.5 Å². The van der Waals surface area contributed by atoms with Gasteiger partial charge in [0.1, 0.15) is 10.5 Å². The smallest absolute Gasteiger partial charge is 0.267 e. The summed E-state index contributed by atoms with van der Waals surface area (Å²) in [7, 11) is -3.94. The van der Waals surface area contributed by atoms with Crippen molar-refractivity contribution in [3.05, 3.63) is 70.6 Å². The van der Waals surface area contributed by atoms with E-state index in [0.29, 0.717) is 5.65 Å². The van der Waals surface area contributed by atoms with Gasteiger partial charge in [-0.2, -0.15) is 4.52 Å². The summed E-state index contributed by atoms with van der Waals surface area (Å²) in [6, 6.07) is 12.8. The van der Waals surface area contributed by atoms with Gasteiger partial charge in [-0.05, 0) is 47.2 Å². The largest absolute Gasteiger partial charge is 0.268 e. The lowest BCUT2D eigenvalue weighted by molar-refractivity contribution is 0.596. The standard InChI is InChI=1S/C18H12N6O3S/c1-11-6-5-9-23-15(11)19-16-13(18(23)25)10-14(17-20-21-22-24(16)17)28(26,27)12-7-3-2-4-8-12/h2-10H,1H3. The number of nitrogens with zero attached hydrogens (tertiary/aromatic N) is 6. The van der Waals surface area contributed by atoms with Crippen LogP contribution >= 0.6 is 0 Å². The van der Waals surface area contributed by atoms with Crippen LogP contribution in [0.5, 0.6) is 0 Å². The number of hydrogen-bond acceptors (Lipinski definition) is 7. The summed E-state index contributed by atoms with van der Waals surface area (Å²) in [5.41, 5.74) is 1.07. The zero-order valence-corrected chi connectivity index (χ0v) is 15.3. The Bertz CT molecular complexity index is 1560. The molecule has 0 aliphatic carbocycles. The van der Waals surface area contributed by atoms with Gasteiger partial charge in [0.15, 0.2) is 5.65 Å². The summed E-state index contributed by atoms with van der Waals surface area (Å²) in [4.78, 5) is 17.5. The van der Waals surface area contributed by atoms with Crippen LogP contribution in [0.2, 0.25) is 0 Å². The van der Waals surface area contributed by atoms with Gasteiger partial charge in [-0.3, -0.25) is 9.20 Å². The molecule has 28 heavy (non-hydrogen) atoms. The average Bonchev–Trinajstić information content (AvgIpc) is 3.19. The molecular formula is C18H12N6O3S. The topological polar surface area (TPSA) is 112 Å². The van der Waals surface area contributed by atoms with Crippen LogP contribution in [0.15, 0.2) is 69.3 Å².